The quantitative estimate of drug-likeness (QED) is 0.373. The summed E-state index contributed by atoms with van der Waals surface area (Å²) in [4.78, 5) is 0. The molecule has 3 N–H and O–H groups in total. The molecule has 0 saturated heterocycles. The molecule has 4 heteroatoms. The van der Waals surface area contributed by atoms with E-state index < -0.39 is 6.10 Å². The minimum absolute atomic E-state index is 0.310. The lowest BCUT2D eigenvalue weighted by Crippen LogP contribution is -2.15. The van der Waals surface area contributed by atoms with Crippen LogP contribution in [0.3, 0.4) is 0 Å². The van der Waals surface area contributed by atoms with Gasteiger partial charge in [-0.3, -0.25) is 0 Å². The Morgan fingerprint density at radius 2 is 1.46 bits per heavy atom. The van der Waals surface area contributed by atoms with Gasteiger partial charge in [-0.2, -0.15) is 0 Å². The van der Waals surface area contributed by atoms with Gasteiger partial charge in [0.25, 0.3) is 0 Å². The smallest absolute Gasteiger partial charge is 0.108 e. The monoisotopic (exact) mass is 186 g/mol. The summed E-state index contributed by atoms with van der Waals surface area (Å²) in [6, 6.07) is 0. The molecule has 0 aliphatic rings. The van der Waals surface area contributed by atoms with Gasteiger partial charge in [-0.1, -0.05) is 11.8 Å². The number of rotatable bonds is 4. The first-order chi connectivity index (χ1) is 6.22. The van der Waals surface area contributed by atoms with E-state index in [0.29, 0.717) is 13.2 Å². The Kier molecular flexibility index (Phi) is 15.1. The van der Waals surface area contributed by atoms with Crippen molar-refractivity contribution < 1.29 is 20.1 Å². The summed E-state index contributed by atoms with van der Waals surface area (Å²) in [7, 11) is 0. The van der Waals surface area contributed by atoms with E-state index in [0.717, 1.165) is 0 Å². The normalized spacial score (nSPS) is 8.15. The average Bonchev–Trinajstić information content (AvgIpc) is 2.18. The molecule has 0 aliphatic carbocycles. The molecule has 0 heterocycles. The van der Waals surface area contributed by atoms with Crippen LogP contribution in [0.25, 0.3) is 0 Å². The molecule has 0 aromatic rings. The second kappa shape index (κ2) is 13.5. The topological polar surface area (TPSA) is 69.9 Å². The van der Waals surface area contributed by atoms with Gasteiger partial charge in [0.1, 0.15) is 19.3 Å². The van der Waals surface area contributed by atoms with Gasteiger partial charge in [0.15, 0.2) is 0 Å². The summed E-state index contributed by atoms with van der Waals surface area (Å²) in [5, 5.41) is 24.0. The molecule has 0 saturated carbocycles. The number of ether oxygens (including phenoxy) is 1. The van der Waals surface area contributed by atoms with Crippen LogP contribution < -0.4 is 0 Å². The van der Waals surface area contributed by atoms with Gasteiger partial charge in [0, 0.05) is 0 Å². The SMILES string of the molecule is C#CCOCC#C.OCC(O)CO. The van der Waals surface area contributed by atoms with Crippen LogP contribution in [0.2, 0.25) is 0 Å². The van der Waals surface area contributed by atoms with Crippen LogP contribution in [0.4, 0.5) is 0 Å². The third-order valence-electron chi connectivity index (χ3n) is 0.792. The first-order valence-corrected chi connectivity index (χ1v) is 3.57. The molecule has 0 atom stereocenters. The predicted octanol–water partition coefficient (Wildman–Crippen LogP) is -1.40. The van der Waals surface area contributed by atoms with Crippen LogP contribution in [0.15, 0.2) is 0 Å². The fourth-order valence-corrected chi connectivity index (χ4v) is 0.227. The summed E-state index contributed by atoms with van der Waals surface area (Å²) in [5.41, 5.74) is 0. The highest BCUT2D eigenvalue weighted by Gasteiger charge is 1.93. The van der Waals surface area contributed by atoms with E-state index >= 15 is 0 Å². The van der Waals surface area contributed by atoms with Gasteiger partial charge < -0.3 is 20.1 Å². The molecule has 0 spiro atoms. The fraction of sp³-hybridized carbons (Fsp3) is 0.556. The zero-order chi connectivity index (χ0) is 10.5. The van der Waals surface area contributed by atoms with E-state index in [1.807, 2.05) is 0 Å². The summed E-state index contributed by atoms with van der Waals surface area (Å²) in [5.74, 6) is 4.57. The summed E-state index contributed by atoms with van der Waals surface area (Å²) >= 11 is 0. The Morgan fingerprint density at radius 1 is 1.08 bits per heavy atom. The van der Waals surface area contributed by atoms with Gasteiger partial charge >= 0.3 is 0 Å². The number of aliphatic hydroxyl groups excluding tert-OH is 3. The highest BCUT2D eigenvalue weighted by Crippen LogP contribution is 1.71. The number of hydrogen-bond donors (Lipinski definition) is 3. The lowest BCUT2D eigenvalue weighted by atomic mass is 10.4. The molecule has 0 bridgehead atoms. The number of aliphatic hydroxyl groups is 3. The second-order valence-corrected chi connectivity index (χ2v) is 1.92. The Bertz CT molecular complexity index is 147. The zero-order valence-corrected chi connectivity index (χ0v) is 7.31. The molecule has 0 aromatic heterocycles. The van der Waals surface area contributed by atoms with Crippen LogP contribution >= 0.6 is 0 Å². The molecule has 13 heavy (non-hydrogen) atoms. The molecular weight excluding hydrogens is 172 g/mol. The molecule has 0 aliphatic heterocycles. The molecule has 4 nitrogen and oxygen atoms in total. The maximum absolute atomic E-state index is 8.17. The first kappa shape index (κ1) is 14.5. The summed E-state index contributed by atoms with van der Waals surface area (Å²) in [6.07, 6.45) is 8.70. The van der Waals surface area contributed by atoms with Gasteiger partial charge in [0.2, 0.25) is 0 Å². The fourth-order valence-electron chi connectivity index (χ4n) is 0.227. The molecule has 74 valence electrons. The van der Waals surface area contributed by atoms with Crippen LogP contribution in [0.1, 0.15) is 0 Å². The van der Waals surface area contributed by atoms with E-state index in [4.69, 9.17) is 28.2 Å². The lowest BCUT2D eigenvalue weighted by Gasteiger charge is -1.96. The largest absolute Gasteiger partial charge is 0.394 e. The Balaban J connectivity index is 0. The summed E-state index contributed by atoms with van der Waals surface area (Å²) < 4.78 is 4.66. The van der Waals surface area contributed by atoms with Gasteiger partial charge in [-0.15, -0.1) is 12.8 Å². The van der Waals surface area contributed by atoms with Crippen molar-refractivity contribution in [2.24, 2.45) is 0 Å². The first-order valence-electron chi connectivity index (χ1n) is 3.57. The molecule has 0 amide bonds. The van der Waals surface area contributed by atoms with Crippen LogP contribution in [0.5, 0.6) is 0 Å². The molecule has 0 unspecified atom stereocenters. The van der Waals surface area contributed by atoms with E-state index in [2.05, 4.69) is 16.6 Å². The van der Waals surface area contributed by atoms with Crippen molar-refractivity contribution in [1.82, 2.24) is 0 Å². The predicted molar refractivity (Wildman–Crippen MR) is 48.7 cm³/mol. The third kappa shape index (κ3) is 18.2. The average molecular weight is 186 g/mol. The molecule has 0 radical (unpaired) electrons. The minimum atomic E-state index is -0.954. The Labute approximate surface area is 78.2 Å². The van der Waals surface area contributed by atoms with Crippen molar-refractivity contribution in [1.29, 1.82) is 0 Å². The second-order valence-electron chi connectivity index (χ2n) is 1.92. The van der Waals surface area contributed by atoms with E-state index in [-0.39, 0.29) is 13.2 Å². The molecule has 0 rings (SSSR count). The van der Waals surface area contributed by atoms with Crippen LogP contribution in [-0.4, -0.2) is 47.9 Å². The molecular formula is C9H14O4. The third-order valence-corrected chi connectivity index (χ3v) is 0.792. The van der Waals surface area contributed by atoms with Crippen molar-refractivity contribution in [3.63, 3.8) is 0 Å². The van der Waals surface area contributed by atoms with E-state index in [1.165, 1.54) is 0 Å². The lowest BCUT2D eigenvalue weighted by molar-refractivity contribution is 0.0450. The van der Waals surface area contributed by atoms with Gasteiger partial charge in [0.05, 0.1) is 13.2 Å². The number of terminal acetylenes is 2. The van der Waals surface area contributed by atoms with Crippen molar-refractivity contribution >= 4 is 0 Å². The molecule has 0 aromatic carbocycles. The van der Waals surface area contributed by atoms with E-state index in [1.54, 1.807) is 0 Å². The highest BCUT2D eigenvalue weighted by atomic mass is 16.5. The number of hydrogen-bond acceptors (Lipinski definition) is 4. The molecule has 0 fully saturated rings. The van der Waals surface area contributed by atoms with E-state index in [9.17, 15) is 0 Å². The standard InChI is InChI=1S/C6H6O.C3H8O3/c1-3-5-7-6-4-2;4-1-3(6)2-5/h1-2H,5-6H2;3-6H,1-2H2. The maximum atomic E-state index is 8.17. The highest BCUT2D eigenvalue weighted by molar-refractivity contribution is 4.87. The van der Waals surface area contributed by atoms with Gasteiger partial charge in [-0.25, -0.2) is 0 Å². The van der Waals surface area contributed by atoms with Gasteiger partial charge in [-0.05, 0) is 0 Å². The van der Waals surface area contributed by atoms with Crippen molar-refractivity contribution in [2.45, 2.75) is 6.10 Å². The maximum Gasteiger partial charge on any atom is 0.108 e. The van der Waals surface area contributed by atoms with Crippen LogP contribution in [0, 0.1) is 24.7 Å². The van der Waals surface area contributed by atoms with Crippen LogP contribution in [-0.2, 0) is 4.74 Å². The summed E-state index contributed by atoms with van der Waals surface area (Å²) in [6.45, 7) is -0.110. The Hall–Kier alpha value is -1.04. The zero-order valence-electron chi connectivity index (χ0n) is 7.31. The minimum Gasteiger partial charge on any atom is -0.394 e. The van der Waals surface area contributed by atoms with Crippen molar-refractivity contribution in [3.05, 3.63) is 0 Å². The Morgan fingerprint density at radius 3 is 1.62 bits per heavy atom. The van der Waals surface area contributed by atoms with Crippen molar-refractivity contribution in [3.8, 4) is 24.7 Å². The van der Waals surface area contributed by atoms with Crippen molar-refractivity contribution in [2.75, 3.05) is 26.4 Å².